The third kappa shape index (κ3) is 2.65. The van der Waals surface area contributed by atoms with Crippen molar-refractivity contribution < 1.29 is 9.90 Å². The highest BCUT2D eigenvalue weighted by atomic mass is 35.5. The van der Waals surface area contributed by atoms with Crippen molar-refractivity contribution in [3.8, 4) is 0 Å². The van der Waals surface area contributed by atoms with Crippen LogP contribution in [0, 0.1) is 17.8 Å². The summed E-state index contributed by atoms with van der Waals surface area (Å²) < 4.78 is 0. The summed E-state index contributed by atoms with van der Waals surface area (Å²) in [5, 5.41) is 14.8. The standard InChI is InChI=1S/C20H25ClN2O2/c21-16-3-4-17-13(8-16)2-1-5-23(17)19(24)22-18-14-6-12-7-15(18)11-20(25,9-12)10-14/h3-4,8,12,14-15,18,25H,1-2,5-7,9-11H2,(H,22,24)/t12?,14?,15?,18-,20-. The third-order valence-electron chi connectivity index (χ3n) is 6.94. The predicted molar refractivity (Wildman–Crippen MR) is 97.9 cm³/mol. The minimum atomic E-state index is -0.452. The van der Waals surface area contributed by atoms with Gasteiger partial charge in [-0.15, -0.1) is 0 Å². The van der Waals surface area contributed by atoms with E-state index in [0.29, 0.717) is 17.8 Å². The molecule has 2 amide bonds. The van der Waals surface area contributed by atoms with Gasteiger partial charge in [-0.1, -0.05) is 11.6 Å². The van der Waals surface area contributed by atoms with Crippen molar-refractivity contribution in [1.29, 1.82) is 0 Å². The molecule has 4 aliphatic carbocycles. The monoisotopic (exact) mass is 360 g/mol. The number of fused-ring (bicyclic) bond motifs is 1. The van der Waals surface area contributed by atoms with E-state index in [2.05, 4.69) is 5.32 Å². The summed E-state index contributed by atoms with van der Waals surface area (Å²) in [5.41, 5.74) is 1.70. The van der Waals surface area contributed by atoms with Gasteiger partial charge in [0.2, 0.25) is 0 Å². The molecule has 0 saturated heterocycles. The Morgan fingerprint density at radius 3 is 2.72 bits per heavy atom. The smallest absolute Gasteiger partial charge is 0.322 e. The van der Waals surface area contributed by atoms with Gasteiger partial charge in [0.15, 0.2) is 0 Å². The maximum Gasteiger partial charge on any atom is 0.322 e. The average Bonchev–Trinajstić information content (AvgIpc) is 2.55. The Labute approximate surface area is 153 Å². The Morgan fingerprint density at radius 2 is 2.00 bits per heavy atom. The van der Waals surface area contributed by atoms with Crippen LogP contribution in [0.5, 0.6) is 0 Å². The summed E-state index contributed by atoms with van der Waals surface area (Å²) in [7, 11) is 0. The summed E-state index contributed by atoms with van der Waals surface area (Å²) in [5.74, 6) is 1.54. The topological polar surface area (TPSA) is 52.6 Å². The van der Waals surface area contributed by atoms with Crippen molar-refractivity contribution in [1.82, 2.24) is 5.32 Å². The lowest BCUT2D eigenvalue weighted by atomic mass is 9.52. The highest BCUT2D eigenvalue weighted by Crippen LogP contribution is 2.55. The second-order valence-electron chi connectivity index (χ2n) is 8.70. The van der Waals surface area contributed by atoms with Crippen molar-refractivity contribution in [2.45, 2.75) is 56.6 Å². The number of hydrogen-bond acceptors (Lipinski definition) is 2. The molecule has 4 saturated carbocycles. The van der Waals surface area contributed by atoms with E-state index in [-0.39, 0.29) is 12.1 Å². The number of aryl methyl sites for hydroxylation is 1. The predicted octanol–water partition coefficient (Wildman–Crippen LogP) is 3.74. The largest absolute Gasteiger partial charge is 0.390 e. The average molecular weight is 361 g/mol. The zero-order chi connectivity index (χ0) is 17.2. The molecule has 4 fully saturated rings. The molecule has 5 heteroatoms. The molecule has 4 bridgehead atoms. The molecule has 2 unspecified atom stereocenters. The van der Waals surface area contributed by atoms with Gasteiger partial charge in [-0.2, -0.15) is 0 Å². The van der Waals surface area contributed by atoms with Crippen LogP contribution < -0.4 is 10.2 Å². The summed E-state index contributed by atoms with van der Waals surface area (Å²) in [4.78, 5) is 14.9. The molecule has 1 aromatic rings. The number of anilines is 1. The molecule has 25 heavy (non-hydrogen) atoms. The SMILES string of the molecule is O=C(N[C@H]1C2CC3CC1C[C@](O)(C3)C2)N1CCCc2cc(Cl)ccc21. The lowest BCUT2D eigenvalue weighted by Crippen LogP contribution is -2.63. The van der Waals surface area contributed by atoms with Crippen LogP contribution in [0.15, 0.2) is 18.2 Å². The van der Waals surface area contributed by atoms with E-state index in [9.17, 15) is 9.90 Å². The van der Waals surface area contributed by atoms with Gasteiger partial charge in [0.1, 0.15) is 0 Å². The van der Waals surface area contributed by atoms with Crippen LogP contribution in [0.1, 0.15) is 44.1 Å². The molecule has 0 aromatic heterocycles. The van der Waals surface area contributed by atoms with E-state index in [1.54, 1.807) is 0 Å². The van der Waals surface area contributed by atoms with Crippen molar-refractivity contribution in [2.75, 3.05) is 11.4 Å². The first-order valence-electron chi connectivity index (χ1n) is 9.60. The van der Waals surface area contributed by atoms with Crippen molar-refractivity contribution in [2.24, 2.45) is 17.8 Å². The Hall–Kier alpha value is -1.26. The van der Waals surface area contributed by atoms with Gasteiger partial charge in [-0.05, 0) is 86.5 Å². The Kier molecular flexibility index (Phi) is 3.58. The number of benzene rings is 1. The first kappa shape index (κ1) is 16.0. The fourth-order valence-corrected chi connectivity index (χ4v) is 6.41. The molecule has 6 rings (SSSR count). The molecule has 1 heterocycles. The normalized spacial score (nSPS) is 38.6. The highest BCUT2D eigenvalue weighted by molar-refractivity contribution is 6.30. The third-order valence-corrected chi connectivity index (χ3v) is 7.17. The second kappa shape index (κ2) is 5.62. The number of rotatable bonds is 1. The number of carbonyl (C=O) groups is 1. The number of aliphatic hydroxyl groups is 1. The number of amides is 2. The molecule has 5 aliphatic rings. The van der Waals surface area contributed by atoms with E-state index in [1.807, 2.05) is 23.1 Å². The lowest BCUT2D eigenvalue weighted by molar-refractivity contribution is -0.136. The van der Waals surface area contributed by atoms with E-state index < -0.39 is 5.60 Å². The van der Waals surface area contributed by atoms with Gasteiger partial charge in [0.25, 0.3) is 0 Å². The van der Waals surface area contributed by atoms with E-state index in [4.69, 9.17) is 11.6 Å². The minimum Gasteiger partial charge on any atom is -0.390 e. The molecule has 0 spiro atoms. The minimum absolute atomic E-state index is 0.0211. The summed E-state index contributed by atoms with van der Waals surface area (Å²) in [6, 6.07) is 6.06. The van der Waals surface area contributed by atoms with Gasteiger partial charge < -0.3 is 10.4 Å². The maximum atomic E-state index is 13.0. The molecule has 2 atom stereocenters. The van der Waals surface area contributed by atoms with Crippen LogP contribution in [0.2, 0.25) is 5.02 Å². The molecule has 4 nitrogen and oxygen atoms in total. The van der Waals surface area contributed by atoms with Crippen molar-refractivity contribution >= 4 is 23.3 Å². The molecule has 0 radical (unpaired) electrons. The Balaban J connectivity index is 1.35. The number of nitrogens with one attached hydrogen (secondary N) is 1. The molecular formula is C20H25ClN2O2. The fraction of sp³-hybridized carbons (Fsp3) is 0.650. The van der Waals surface area contributed by atoms with E-state index >= 15 is 0 Å². The highest BCUT2D eigenvalue weighted by Gasteiger charge is 2.55. The summed E-state index contributed by atoms with van der Waals surface area (Å²) in [6.45, 7) is 0.759. The van der Waals surface area contributed by atoms with Crippen LogP contribution in [0.25, 0.3) is 0 Å². The molecule has 134 valence electrons. The molecule has 1 aliphatic heterocycles. The number of halogens is 1. The quantitative estimate of drug-likeness (QED) is 0.801. The number of hydrogen-bond donors (Lipinski definition) is 2. The molecule has 1 aromatic carbocycles. The fourth-order valence-electron chi connectivity index (χ4n) is 6.21. The van der Waals surface area contributed by atoms with E-state index in [1.165, 1.54) is 0 Å². The summed E-state index contributed by atoms with van der Waals surface area (Å²) in [6.07, 6.45) is 6.96. The van der Waals surface area contributed by atoms with Gasteiger partial charge in [0.05, 0.1) is 5.60 Å². The van der Waals surface area contributed by atoms with Crippen LogP contribution in [-0.4, -0.2) is 29.3 Å². The first-order chi connectivity index (χ1) is 12.0. The number of urea groups is 1. The van der Waals surface area contributed by atoms with Crippen molar-refractivity contribution in [3.05, 3.63) is 28.8 Å². The van der Waals surface area contributed by atoms with Crippen molar-refractivity contribution in [3.63, 3.8) is 0 Å². The maximum absolute atomic E-state index is 13.0. The van der Waals surface area contributed by atoms with Gasteiger partial charge in [0, 0.05) is 23.3 Å². The number of nitrogens with zero attached hydrogens (tertiary/aromatic N) is 1. The van der Waals surface area contributed by atoms with Gasteiger partial charge in [-0.3, -0.25) is 4.90 Å². The van der Waals surface area contributed by atoms with Crippen LogP contribution in [-0.2, 0) is 6.42 Å². The molecular weight excluding hydrogens is 336 g/mol. The van der Waals surface area contributed by atoms with E-state index in [0.717, 1.165) is 67.8 Å². The van der Waals surface area contributed by atoms with Crippen LogP contribution in [0.3, 0.4) is 0 Å². The zero-order valence-corrected chi connectivity index (χ0v) is 15.1. The Bertz CT molecular complexity index is 706. The molecule has 2 N–H and O–H groups in total. The van der Waals surface area contributed by atoms with Gasteiger partial charge in [-0.25, -0.2) is 4.79 Å². The first-order valence-corrected chi connectivity index (χ1v) is 9.97. The lowest BCUT2D eigenvalue weighted by Gasteiger charge is -2.58. The van der Waals surface area contributed by atoms with Gasteiger partial charge >= 0.3 is 6.03 Å². The summed E-state index contributed by atoms with van der Waals surface area (Å²) >= 11 is 6.11. The van der Waals surface area contributed by atoms with Crippen LogP contribution in [0.4, 0.5) is 10.5 Å². The zero-order valence-electron chi connectivity index (χ0n) is 14.4. The van der Waals surface area contributed by atoms with Crippen LogP contribution >= 0.6 is 11.6 Å². The second-order valence-corrected chi connectivity index (χ2v) is 9.13. The Morgan fingerprint density at radius 1 is 1.24 bits per heavy atom. The number of carbonyl (C=O) groups excluding carboxylic acids is 1.